The lowest BCUT2D eigenvalue weighted by Gasteiger charge is -2.31. The molecule has 1 unspecified atom stereocenters. The van der Waals surface area contributed by atoms with Crippen molar-refractivity contribution < 1.29 is 22.8 Å². The van der Waals surface area contributed by atoms with Crippen LogP contribution in [0.3, 0.4) is 0 Å². The van der Waals surface area contributed by atoms with Crippen molar-refractivity contribution in [1.82, 2.24) is 0 Å². The van der Waals surface area contributed by atoms with Gasteiger partial charge in [0.25, 0.3) is 0 Å². The van der Waals surface area contributed by atoms with Gasteiger partial charge in [-0.1, -0.05) is 13.5 Å². The van der Waals surface area contributed by atoms with Crippen molar-refractivity contribution in [2.75, 3.05) is 27.9 Å². The van der Waals surface area contributed by atoms with Crippen LogP contribution in [0.15, 0.2) is 12.7 Å². The van der Waals surface area contributed by atoms with Crippen LogP contribution < -0.4 is 0 Å². The van der Waals surface area contributed by atoms with Crippen molar-refractivity contribution in [3.8, 4) is 0 Å². The van der Waals surface area contributed by atoms with Crippen LogP contribution in [-0.2, 0) is 22.8 Å². The summed E-state index contributed by atoms with van der Waals surface area (Å²) in [5, 5.41) is 0. The summed E-state index contributed by atoms with van der Waals surface area (Å²) in [5.74, 6) is -0.417. The van der Waals surface area contributed by atoms with Crippen LogP contribution in [-0.4, -0.2) is 42.7 Å². The minimum Gasteiger partial charge on any atom is -0.463 e. The number of rotatable bonds is 9. The van der Waals surface area contributed by atoms with Crippen molar-refractivity contribution in [2.24, 2.45) is 0 Å². The molecule has 0 fully saturated rings. The second-order valence-corrected chi connectivity index (χ2v) is 6.73. The first-order valence-corrected chi connectivity index (χ1v) is 7.35. The fraction of sp³-hybridized carbons (Fsp3) is 0.727. The van der Waals surface area contributed by atoms with Gasteiger partial charge in [-0.05, 0) is 12.8 Å². The summed E-state index contributed by atoms with van der Waals surface area (Å²) in [7, 11) is 2.10. The van der Waals surface area contributed by atoms with Crippen LogP contribution in [0, 0.1) is 0 Å². The lowest BCUT2D eigenvalue weighted by Crippen LogP contribution is -2.47. The molecule has 0 heterocycles. The summed E-state index contributed by atoms with van der Waals surface area (Å²) in [5.41, 5.74) is 0.111. The maximum absolute atomic E-state index is 10.9. The van der Waals surface area contributed by atoms with Crippen LogP contribution in [0.4, 0.5) is 0 Å². The van der Waals surface area contributed by atoms with Crippen molar-refractivity contribution in [3.05, 3.63) is 12.7 Å². The Bertz CT molecular complexity index is 232. The van der Waals surface area contributed by atoms with Gasteiger partial charge in [-0.25, -0.2) is 4.79 Å². The van der Waals surface area contributed by atoms with E-state index in [9.17, 15) is 4.79 Å². The van der Waals surface area contributed by atoms with Gasteiger partial charge in [0.1, 0.15) is 0 Å². The lowest BCUT2D eigenvalue weighted by molar-refractivity contribution is -0.137. The molecule has 0 aromatic rings. The van der Waals surface area contributed by atoms with E-state index in [1.54, 1.807) is 21.3 Å². The van der Waals surface area contributed by atoms with E-state index >= 15 is 0 Å². The Kier molecular flexibility index (Phi) is 8.06. The van der Waals surface area contributed by atoms with E-state index in [1.165, 1.54) is 0 Å². The van der Waals surface area contributed by atoms with Gasteiger partial charge >= 0.3 is 14.8 Å². The monoisotopic (exact) mass is 262 g/mol. The number of carbonyl (C=O) groups excluding carboxylic acids is 1. The van der Waals surface area contributed by atoms with Gasteiger partial charge in [-0.2, -0.15) is 0 Å². The Morgan fingerprint density at radius 1 is 1.29 bits per heavy atom. The summed E-state index contributed by atoms with van der Waals surface area (Å²) >= 11 is 0. The second kappa shape index (κ2) is 8.41. The van der Waals surface area contributed by atoms with E-state index in [1.807, 2.05) is 6.92 Å². The third-order valence-corrected chi connectivity index (χ3v) is 6.13. The molecular formula is C11H22O5Si. The molecule has 5 nitrogen and oxygen atoms in total. The van der Waals surface area contributed by atoms with Crippen LogP contribution in [0.25, 0.3) is 0 Å². The average Bonchev–Trinajstić information content (AvgIpc) is 2.38. The number of ether oxygens (including phenoxy) is 1. The Labute approximate surface area is 104 Å². The first-order valence-electron chi connectivity index (χ1n) is 5.54. The van der Waals surface area contributed by atoms with Crippen molar-refractivity contribution in [2.45, 2.75) is 25.3 Å². The molecule has 0 bridgehead atoms. The largest absolute Gasteiger partial charge is 0.503 e. The average molecular weight is 262 g/mol. The second-order valence-electron chi connectivity index (χ2n) is 3.48. The van der Waals surface area contributed by atoms with Gasteiger partial charge in [-0.15, -0.1) is 0 Å². The van der Waals surface area contributed by atoms with Crippen molar-refractivity contribution in [1.29, 1.82) is 0 Å². The fourth-order valence-corrected chi connectivity index (χ4v) is 4.21. The zero-order valence-electron chi connectivity index (χ0n) is 11.0. The number of hydrogen-bond acceptors (Lipinski definition) is 5. The molecule has 100 valence electrons. The normalized spacial score (nSPS) is 13.2. The van der Waals surface area contributed by atoms with Crippen LogP contribution >= 0.6 is 0 Å². The predicted molar refractivity (Wildman–Crippen MR) is 66.6 cm³/mol. The van der Waals surface area contributed by atoms with Crippen molar-refractivity contribution >= 4 is 14.8 Å². The fourth-order valence-electron chi connectivity index (χ4n) is 1.74. The van der Waals surface area contributed by atoms with E-state index in [-0.39, 0.29) is 5.54 Å². The summed E-state index contributed by atoms with van der Waals surface area (Å²) in [6.45, 7) is 5.68. The van der Waals surface area contributed by atoms with Crippen LogP contribution in [0.1, 0.15) is 19.8 Å². The molecule has 17 heavy (non-hydrogen) atoms. The van der Waals surface area contributed by atoms with Crippen LogP contribution in [0.2, 0.25) is 5.54 Å². The molecule has 0 spiro atoms. The minimum atomic E-state index is -2.65. The van der Waals surface area contributed by atoms with Crippen molar-refractivity contribution in [3.63, 3.8) is 0 Å². The predicted octanol–water partition coefficient (Wildman–Crippen LogP) is 1.76. The van der Waals surface area contributed by atoms with E-state index in [4.69, 9.17) is 18.0 Å². The topological polar surface area (TPSA) is 54.0 Å². The van der Waals surface area contributed by atoms with Gasteiger partial charge in [-0.3, -0.25) is 0 Å². The first-order chi connectivity index (χ1) is 8.10. The highest BCUT2D eigenvalue weighted by molar-refractivity contribution is 6.62. The molecule has 0 saturated carbocycles. The van der Waals surface area contributed by atoms with E-state index < -0.39 is 14.8 Å². The highest BCUT2D eigenvalue weighted by Gasteiger charge is 2.45. The SMILES string of the molecule is C=CC(=O)OCCC(CC)[Si](OC)(OC)OC. The standard InChI is InChI=1S/C11H22O5Si/c1-6-10(8-9-16-11(12)7-2)17(13-3,14-4)15-5/h7,10H,2,6,8-9H2,1,3-5H3. The quantitative estimate of drug-likeness (QED) is 0.360. The van der Waals surface area contributed by atoms with Gasteiger partial charge in [0.15, 0.2) is 0 Å². The number of hydrogen-bond donors (Lipinski definition) is 0. The summed E-state index contributed by atoms with van der Waals surface area (Å²) in [6.07, 6.45) is 2.64. The molecule has 0 aliphatic heterocycles. The Balaban J connectivity index is 4.39. The third kappa shape index (κ3) is 4.59. The van der Waals surface area contributed by atoms with E-state index in [0.29, 0.717) is 13.0 Å². The molecule has 0 amide bonds. The van der Waals surface area contributed by atoms with Gasteiger partial charge < -0.3 is 18.0 Å². The summed E-state index contributed by atoms with van der Waals surface area (Å²) in [6, 6.07) is 0. The number of carbonyl (C=O) groups is 1. The third-order valence-electron chi connectivity index (χ3n) is 2.72. The molecule has 1 atom stereocenters. The molecule has 0 aromatic heterocycles. The molecule has 0 rings (SSSR count). The maximum Gasteiger partial charge on any atom is 0.503 e. The molecule has 0 saturated heterocycles. The molecule has 6 heteroatoms. The lowest BCUT2D eigenvalue weighted by atomic mass is 10.2. The smallest absolute Gasteiger partial charge is 0.463 e. The van der Waals surface area contributed by atoms with E-state index in [0.717, 1.165) is 12.5 Å². The molecule has 0 aromatic carbocycles. The number of esters is 1. The zero-order valence-corrected chi connectivity index (χ0v) is 12.0. The van der Waals surface area contributed by atoms with Crippen LogP contribution in [0.5, 0.6) is 0 Å². The molecule has 0 aliphatic carbocycles. The highest BCUT2D eigenvalue weighted by Crippen LogP contribution is 2.30. The van der Waals surface area contributed by atoms with Gasteiger partial charge in [0.2, 0.25) is 0 Å². The first kappa shape index (κ1) is 16.3. The molecule has 0 N–H and O–H groups in total. The summed E-state index contributed by atoms with van der Waals surface area (Å²) < 4.78 is 21.2. The Morgan fingerprint density at radius 2 is 1.82 bits per heavy atom. The minimum absolute atomic E-state index is 0.111. The summed E-state index contributed by atoms with van der Waals surface area (Å²) in [4.78, 5) is 10.9. The zero-order chi connectivity index (χ0) is 13.3. The maximum atomic E-state index is 10.9. The van der Waals surface area contributed by atoms with Gasteiger partial charge in [0, 0.05) is 32.9 Å². The Morgan fingerprint density at radius 3 is 2.18 bits per heavy atom. The van der Waals surface area contributed by atoms with E-state index in [2.05, 4.69) is 6.58 Å². The Hall–Kier alpha value is -0.693. The van der Waals surface area contributed by atoms with Gasteiger partial charge in [0.05, 0.1) is 6.61 Å². The molecular weight excluding hydrogens is 240 g/mol. The highest BCUT2D eigenvalue weighted by atomic mass is 28.4. The molecule has 0 radical (unpaired) electrons. The molecule has 0 aliphatic rings.